The van der Waals surface area contributed by atoms with Crippen LogP contribution in [0.15, 0.2) is 24.3 Å². The molecule has 1 aliphatic heterocycles. The van der Waals surface area contributed by atoms with Gasteiger partial charge in [-0.2, -0.15) is 0 Å². The molecule has 1 heterocycles. The zero-order valence-electron chi connectivity index (χ0n) is 22.3. The van der Waals surface area contributed by atoms with E-state index in [4.69, 9.17) is 14.2 Å². The summed E-state index contributed by atoms with van der Waals surface area (Å²) >= 11 is 0. The van der Waals surface area contributed by atoms with Gasteiger partial charge in [0.05, 0.1) is 19.8 Å². The lowest BCUT2D eigenvalue weighted by molar-refractivity contribution is -0.206. The molecule has 1 aromatic carbocycles. The molecule has 3 nitrogen and oxygen atoms in total. The summed E-state index contributed by atoms with van der Waals surface area (Å²) in [7, 11) is 0. The molecule has 0 bridgehead atoms. The highest BCUT2D eigenvalue weighted by molar-refractivity contribution is 5.28. The Labute approximate surface area is 210 Å². The number of hydrogen-bond donors (Lipinski definition) is 0. The highest BCUT2D eigenvalue weighted by atomic mass is 16.7. The highest BCUT2D eigenvalue weighted by Gasteiger charge is 2.23. The fraction of sp³-hybridized carbons (Fsp3) is 0.806. The van der Waals surface area contributed by atoms with Crippen molar-refractivity contribution < 1.29 is 14.2 Å². The molecule has 0 unspecified atom stereocenters. The maximum Gasteiger partial charge on any atom is 0.183 e. The van der Waals surface area contributed by atoms with Crippen LogP contribution < -0.4 is 4.74 Å². The Kier molecular flexibility index (Phi) is 13.4. The summed E-state index contributed by atoms with van der Waals surface area (Å²) in [5.41, 5.74) is 1.10. The topological polar surface area (TPSA) is 27.7 Å². The lowest BCUT2D eigenvalue weighted by atomic mass is 9.78. The van der Waals surface area contributed by atoms with Gasteiger partial charge in [-0.25, -0.2) is 0 Å². The van der Waals surface area contributed by atoms with E-state index < -0.39 is 0 Å². The van der Waals surface area contributed by atoms with Crippen molar-refractivity contribution in [1.82, 2.24) is 0 Å². The fourth-order valence-electron chi connectivity index (χ4n) is 5.71. The standard InChI is InChI=1S/C31H52O3/c1-3-5-7-8-10-13-28-24-33-31(34-25-28)29-19-21-30(22-20-29)32-23-11-14-27-17-15-26(16-18-27)12-9-6-4-2/h19-22,26-28,31H,3-18,23-25H2,1-2H3. The molecule has 2 fully saturated rings. The molecule has 1 saturated heterocycles. The zero-order valence-corrected chi connectivity index (χ0v) is 22.3. The second kappa shape index (κ2) is 16.6. The smallest absolute Gasteiger partial charge is 0.183 e. The first-order chi connectivity index (χ1) is 16.8. The van der Waals surface area contributed by atoms with Crippen LogP contribution >= 0.6 is 0 Å². The molecule has 1 saturated carbocycles. The zero-order chi connectivity index (χ0) is 23.8. The molecule has 0 amide bonds. The van der Waals surface area contributed by atoms with Crippen molar-refractivity contribution in [2.75, 3.05) is 19.8 Å². The Morgan fingerprint density at radius 3 is 1.82 bits per heavy atom. The van der Waals surface area contributed by atoms with Crippen molar-refractivity contribution in [1.29, 1.82) is 0 Å². The molecule has 2 aliphatic rings. The quantitative estimate of drug-likeness (QED) is 0.224. The summed E-state index contributed by atoms with van der Waals surface area (Å²) in [6, 6.07) is 8.35. The Balaban J connectivity index is 1.24. The van der Waals surface area contributed by atoms with E-state index in [2.05, 4.69) is 38.1 Å². The first kappa shape index (κ1) is 27.5. The van der Waals surface area contributed by atoms with E-state index in [-0.39, 0.29) is 6.29 Å². The molecule has 0 N–H and O–H groups in total. The van der Waals surface area contributed by atoms with E-state index in [1.165, 1.54) is 103 Å². The first-order valence-electron chi connectivity index (χ1n) is 14.7. The molecular formula is C31H52O3. The van der Waals surface area contributed by atoms with E-state index in [0.29, 0.717) is 5.92 Å². The second-order valence-corrected chi connectivity index (χ2v) is 11.0. The molecule has 3 heteroatoms. The fourth-order valence-corrected chi connectivity index (χ4v) is 5.71. The number of rotatable bonds is 16. The summed E-state index contributed by atoms with van der Waals surface area (Å²) in [6.07, 6.45) is 21.6. The molecule has 1 aromatic rings. The monoisotopic (exact) mass is 472 g/mol. The van der Waals surface area contributed by atoms with E-state index in [1.54, 1.807) is 0 Å². The average Bonchev–Trinajstić information content (AvgIpc) is 2.88. The van der Waals surface area contributed by atoms with Crippen molar-refractivity contribution in [3.8, 4) is 5.75 Å². The van der Waals surface area contributed by atoms with Gasteiger partial charge in [0.1, 0.15) is 5.75 Å². The molecule has 0 radical (unpaired) electrons. The van der Waals surface area contributed by atoms with E-state index in [1.807, 2.05) is 0 Å². The molecule has 3 rings (SSSR count). The third-order valence-electron chi connectivity index (χ3n) is 8.04. The molecule has 0 aromatic heterocycles. The van der Waals surface area contributed by atoms with Crippen LogP contribution in [-0.4, -0.2) is 19.8 Å². The summed E-state index contributed by atoms with van der Waals surface area (Å²) < 4.78 is 18.1. The number of ether oxygens (including phenoxy) is 3. The van der Waals surface area contributed by atoms with Crippen LogP contribution in [-0.2, 0) is 9.47 Å². The molecule has 1 aliphatic carbocycles. The Bertz CT molecular complexity index is 612. The minimum absolute atomic E-state index is 0.220. The molecular weight excluding hydrogens is 420 g/mol. The minimum atomic E-state index is -0.220. The lowest BCUT2D eigenvalue weighted by Crippen LogP contribution is -2.27. The SMILES string of the molecule is CCCCCCCC1COC(c2ccc(OCCCC3CCC(CCCCC)CC3)cc2)OC1. The lowest BCUT2D eigenvalue weighted by Gasteiger charge is -2.29. The van der Waals surface area contributed by atoms with Crippen molar-refractivity contribution in [2.24, 2.45) is 17.8 Å². The number of hydrogen-bond acceptors (Lipinski definition) is 3. The predicted octanol–water partition coefficient (Wildman–Crippen LogP) is 9.25. The van der Waals surface area contributed by atoms with Crippen molar-refractivity contribution in [2.45, 2.75) is 123 Å². The van der Waals surface area contributed by atoms with Gasteiger partial charge in [-0.15, -0.1) is 0 Å². The maximum absolute atomic E-state index is 6.03. The van der Waals surface area contributed by atoms with Gasteiger partial charge in [-0.3, -0.25) is 0 Å². The Hall–Kier alpha value is -1.06. The van der Waals surface area contributed by atoms with Gasteiger partial charge in [-0.1, -0.05) is 109 Å². The molecule has 194 valence electrons. The van der Waals surface area contributed by atoms with Crippen molar-refractivity contribution >= 4 is 0 Å². The van der Waals surface area contributed by atoms with Crippen LogP contribution in [0, 0.1) is 17.8 Å². The van der Waals surface area contributed by atoms with Gasteiger partial charge in [0, 0.05) is 11.5 Å². The van der Waals surface area contributed by atoms with Gasteiger partial charge in [-0.05, 0) is 43.2 Å². The Morgan fingerprint density at radius 1 is 0.647 bits per heavy atom. The summed E-state index contributed by atoms with van der Waals surface area (Å²) in [6.45, 7) is 7.03. The maximum atomic E-state index is 6.03. The first-order valence-corrected chi connectivity index (χ1v) is 14.7. The van der Waals surface area contributed by atoms with Gasteiger partial charge in [0.15, 0.2) is 6.29 Å². The molecule has 0 spiro atoms. The van der Waals surface area contributed by atoms with E-state index >= 15 is 0 Å². The van der Waals surface area contributed by atoms with Crippen LogP contribution in [0.2, 0.25) is 0 Å². The average molecular weight is 473 g/mol. The van der Waals surface area contributed by atoms with Crippen molar-refractivity contribution in [3.63, 3.8) is 0 Å². The summed E-state index contributed by atoms with van der Waals surface area (Å²) in [4.78, 5) is 0. The van der Waals surface area contributed by atoms with Gasteiger partial charge in [0.25, 0.3) is 0 Å². The van der Waals surface area contributed by atoms with Crippen LogP contribution in [0.3, 0.4) is 0 Å². The molecule has 34 heavy (non-hydrogen) atoms. The highest BCUT2D eigenvalue weighted by Crippen LogP contribution is 2.34. The minimum Gasteiger partial charge on any atom is -0.494 e. The van der Waals surface area contributed by atoms with Crippen LogP contribution in [0.5, 0.6) is 5.75 Å². The third kappa shape index (κ3) is 10.3. The molecule has 0 atom stereocenters. The second-order valence-electron chi connectivity index (χ2n) is 11.0. The largest absolute Gasteiger partial charge is 0.494 e. The van der Waals surface area contributed by atoms with Crippen LogP contribution in [0.4, 0.5) is 0 Å². The number of unbranched alkanes of at least 4 members (excludes halogenated alkanes) is 6. The normalized spacial score (nSPS) is 25.4. The number of benzene rings is 1. The van der Waals surface area contributed by atoms with Crippen LogP contribution in [0.1, 0.15) is 128 Å². The van der Waals surface area contributed by atoms with Gasteiger partial charge >= 0.3 is 0 Å². The van der Waals surface area contributed by atoms with Crippen molar-refractivity contribution in [3.05, 3.63) is 29.8 Å². The van der Waals surface area contributed by atoms with Crippen LogP contribution in [0.25, 0.3) is 0 Å². The predicted molar refractivity (Wildman–Crippen MR) is 142 cm³/mol. The van der Waals surface area contributed by atoms with E-state index in [0.717, 1.165) is 43.0 Å². The third-order valence-corrected chi connectivity index (χ3v) is 8.04. The summed E-state index contributed by atoms with van der Waals surface area (Å²) in [5, 5.41) is 0. The Morgan fingerprint density at radius 2 is 1.18 bits per heavy atom. The van der Waals surface area contributed by atoms with Gasteiger partial charge < -0.3 is 14.2 Å². The van der Waals surface area contributed by atoms with E-state index in [9.17, 15) is 0 Å². The van der Waals surface area contributed by atoms with Gasteiger partial charge in [0.2, 0.25) is 0 Å². The summed E-state index contributed by atoms with van der Waals surface area (Å²) in [5.74, 6) is 3.45.